The van der Waals surface area contributed by atoms with Crippen molar-refractivity contribution in [2.24, 2.45) is 0 Å². The van der Waals surface area contributed by atoms with E-state index in [1.807, 2.05) is 0 Å². The second-order valence-corrected chi connectivity index (χ2v) is 24.9. The second-order valence-electron chi connectivity index (χ2n) is 24.9. The Labute approximate surface area is 558 Å². The summed E-state index contributed by atoms with van der Waals surface area (Å²) in [4.78, 5) is 4.88. The highest BCUT2D eigenvalue weighted by molar-refractivity contribution is 6.97. The molecule has 0 atom stereocenters. The molecule has 2 nitrogen and oxygen atoms in total. The van der Waals surface area contributed by atoms with Crippen molar-refractivity contribution >= 4 is 57.2 Å². The third kappa shape index (κ3) is 11.4. The van der Waals surface area contributed by atoms with Gasteiger partial charge in [0.2, 0.25) is 6.71 Å². The molecule has 0 fully saturated rings. The summed E-state index contributed by atoms with van der Waals surface area (Å²) in [6.45, 7) is 4.41. The van der Waals surface area contributed by atoms with E-state index < -0.39 is 0 Å². The minimum Gasteiger partial charge on any atom is -0.310 e. The molecule has 0 unspecified atom stereocenters. The molecule has 15 aromatic rings. The Morgan fingerprint density at radius 1 is 0.179 bits per heavy atom. The maximum Gasteiger partial charge on any atom is 0.243 e. The highest BCUT2D eigenvalue weighted by Gasteiger charge is 2.34. The zero-order valence-electron chi connectivity index (χ0n) is 53.2. The number of nitrogens with zero attached hydrogens (tertiary/aromatic N) is 2. The first kappa shape index (κ1) is 58.1. The van der Waals surface area contributed by atoms with E-state index in [0.29, 0.717) is 0 Å². The third-order valence-corrected chi connectivity index (χ3v) is 19.1. The van der Waals surface area contributed by atoms with Crippen LogP contribution in [0.1, 0.15) is 11.1 Å². The lowest BCUT2D eigenvalue weighted by atomic mass is 9.34. The van der Waals surface area contributed by atoms with E-state index in [1.165, 1.54) is 94.3 Å². The number of aryl methyl sites for hydroxylation is 2. The van der Waals surface area contributed by atoms with E-state index in [2.05, 4.69) is 394 Å². The van der Waals surface area contributed by atoms with Gasteiger partial charge in [-0.25, -0.2) is 0 Å². The van der Waals surface area contributed by atoms with Gasteiger partial charge in [0.25, 0.3) is 0 Å². The summed E-state index contributed by atoms with van der Waals surface area (Å²) >= 11 is 0. The zero-order chi connectivity index (χ0) is 63.6. The molecule has 0 aliphatic carbocycles. The standard InChI is InChI=1S/C92H67BN2/c1-64-22-21-23-65(2)92(64)93-90-58-44-76(70-32-17-7-18-33-70)60-88(90)86-62-82(94(78-46-36-72(37-47-78)66-24-9-3-10-25-66)79-48-38-73(39-49-79)67-26-11-4-12-27-67)54-56-84(86)85-57-55-83(63-87(85)89-61-77(45-59-91(89)93)71-34-19-8-20-35-71)95(80-50-40-74(41-51-80)68-28-13-5-14-29-68)81-52-42-75(43-53-81)69-30-15-6-16-31-69/h3-63H,1-2H3. The van der Waals surface area contributed by atoms with E-state index in [9.17, 15) is 0 Å². The Balaban J connectivity index is 0.982. The Kier molecular flexibility index (Phi) is 15.6. The van der Waals surface area contributed by atoms with Crippen LogP contribution >= 0.6 is 0 Å². The highest BCUT2D eigenvalue weighted by atomic mass is 15.1. The minimum atomic E-state index is -0.193. The van der Waals surface area contributed by atoms with Gasteiger partial charge in [-0.2, -0.15) is 0 Å². The van der Waals surface area contributed by atoms with Crippen LogP contribution in [0.4, 0.5) is 34.1 Å². The number of rotatable bonds is 13. The molecule has 0 radical (unpaired) electrons. The van der Waals surface area contributed by atoms with Crippen LogP contribution in [0.15, 0.2) is 370 Å². The van der Waals surface area contributed by atoms with Crippen LogP contribution in [-0.4, -0.2) is 6.71 Å². The van der Waals surface area contributed by atoms with E-state index in [1.54, 1.807) is 0 Å². The third-order valence-electron chi connectivity index (χ3n) is 19.1. The van der Waals surface area contributed by atoms with E-state index in [-0.39, 0.29) is 6.71 Å². The molecule has 0 saturated heterocycles. The average molecular weight is 1210 g/mol. The van der Waals surface area contributed by atoms with Gasteiger partial charge < -0.3 is 9.80 Å². The van der Waals surface area contributed by atoms with Crippen LogP contribution < -0.4 is 26.2 Å². The summed E-state index contributed by atoms with van der Waals surface area (Å²) in [5.41, 5.74) is 33.6. The first-order valence-electron chi connectivity index (χ1n) is 32.9. The Bertz CT molecular complexity index is 4700. The lowest BCUT2D eigenvalue weighted by Gasteiger charge is -2.29. The van der Waals surface area contributed by atoms with Crippen molar-refractivity contribution in [2.75, 3.05) is 9.80 Å². The van der Waals surface area contributed by atoms with E-state index in [0.717, 1.165) is 67.5 Å². The maximum atomic E-state index is 2.49. The van der Waals surface area contributed by atoms with Crippen LogP contribution in [0.2, 0.25) is 0 Å². The van der Waals surface area contributed by atoms with Crippen LogP contribution in [0.5, 0.6) is 0 Å². The molecule has 1 aliphatic rings. The van der Waals surface area contributed by atoms with Crippen molar-refractivity contribution in [1.82, 2.24) is 0 Å². The molecule has 0 bridgehead atoms. The predicted octanol–water partition coefficient (Wildman–Crippen LogP) is 23.1. The zero-order valence-corrected chi connectivity index (χ0v) is 53.2. The van der Waals surface area contributed by atoms with Gasteiger partial charge in [0.05, 0.1) is 0 Å². The highest BCUT2D eigenvalue weighted by Crippen LogP contribution is 2.48. The summed E-state index contributed by atoms with van der Waals surface area (Å²) in [5.74, 6) is 0. The summed E-state index contributed by atoms with van der Waals surface area (Å²) < 4.78 is 0. The summed E-state index contributed by atoms with van der Waals surface area (Å²) in [5, 5.41) is 0. The number of anilines is 6. The first-order chi connectivity index (χ1) is 46.9. The maximum absolute atomic E-state index is 2.49. The molecule has 0 aromatic heterocycles. The molecular formula is C92H67BN2. The Morgan fingerprint density at radius 3 is 0.705 bits per heavy atom. The van der Waals surface area contributed by atoms with Crippen molar-refractivity contribution in [3.63, 3.8) is 0 Å². The van der Waals surface area contributed by atoms with Crippen molar-refractivity contribution in [3.8, 4) is 100 Å². The molecule has 3 heteroatoms. The van der Waals surface area contributed by atoms with Gasteiger partial charge in [0.1, 0.15) is 0 Å². The topological polar surface area (TPSA) is 6.48 Å². The van der Waals surface area contributed by atoms with Gasteiger partial charge >= 0.3 is 0 Å². The number of benzene rings is 15. The molecule has 0 spiro atoms. The second kappa shape index (κ2) is 25.6. The minimum absolute atomic E-state index is 0.193. The van der Waals surface area contributed by atoms with Crippen molar-refractivity contribution in [2.45, 2.75) is 13.8 Å². The fraction of sp³-hybridized carbons (Fsp3) is 0.0217. The molecule has 16 rings (SSSR count). The van der Waals surface area contributed by atoms with E-state index >= 15 is 0 Å². The van der Waals surface area contributed by atoms with Crippen molar-refractivity contribution < 1.29 is 0 Å². The first-order valence-corrected chi connectivity index (χ1v) is 32.9. The quantitative estimate of drug-likeness (QED) is 0.106. The van der Waals surface area contributed by atoms with Gasteiger partial charge in [0.15, 0.2) is 0 Å². The molecule has 448 valence electrons. The van der Waals surface area contributed by atoms with Crippen LogP contribution in [-0.2, 0) is 0 Å². The molecule has 1 aliphatic heterocycles. The van der Waals surface area contributed by atoms with Gasteiger partial charge in [-0.1, -0.05) is 313 Å². The van der Waals surface area contributed by atoms with Gasteiger partial charge in [0, 0.05) is 34.1 Å². The SMILES string of the molecule is Cc1cccc(C)c1B1c2ccc(-c3ccccc3)cc2-c2cc(N(c3ccc(-c4ccccc4)cc3)c3ccc(-c4ccccc4)cc3)ccc2-c2ccc(N(c3ccc(-c4ccccc4)cc3)c3ccc(-c4ccccc4)cc3)cc2-c2cc(-c3ccccc3)ccc21. The fourth-order valence-corrected chi connectivity index (χ4v) is 14.4. The Hall–Kier alpha value is -12.0. The lowest BCUT2D eigenvalue weighted by molar-refractivity contribution is 1.28. The number of hydrogen-bond donors (Lipinski definition) is 0. The van der Waals surface area contributed by atoms with Crippen molar-refractivity contribution in [3.05, 3.63) is 381 Å². The number of fused-ring (bicyclic) bond motifs is 7. The van der Waals surface area contributed by atoms with Crippen molar-refractivity contribution in [1.29, 1.82) is 0 Å². The monoisotopic (exact) mass is 1210 g/mol. The summed E-state index contributed by atoms with van der Waals surface area (Å²) in [7, 11) is 0. The van der Waals surface area contributed by atoms with Crippen LogP contribution in [0, 0.1) is 13.8 Å². The van der Waals surface area contributed by atoms with Gasteiger partial charge in [-0.3, -0.25) is 0 Å². The lowest BCUT2D eigenvalue weighted by Crippen LogP contribution is -2.55. The van der Waals surface area contributed by atoms with Gasteiger partial charge in [-0.05, 0) is 199 Å². The average Bonchev–Trinajstić information content (AvgIpc) is 1.69. The largest absolute Gasteiger partial charge is 0.310 e. The van der Waals surface area contributed by atoms with Crippen LogP contribution in [0.25, 0.3) is 100 Å². The van der Waals surface area contributed by atoms with Crippen LogP contribution in [0.3, 0.4) is 0 Å². The number of hydrogen-bond acceptors (Lipinski definition) is 2. The molecule has 0 N–H and O–H groups in total. The smallest absolute Gasteiger partial charge is 0.243 e. The Morgan fingerprint density at radius 2 is 0.421 bits per heavy atom. The predicted molar refractivity (Wildman–Crippen MR) is 405 cm³/mol. The molecule has 1 heterocycles. The molecule has 0 amide bonds. The summed E-state index contributed by atoms with van der Waals surface area (Å²) in [6.07, 6.45) is 0. The summed E-state index contributed by atoms with van der Waals surface area (Å²) in [6, 6.07) is 137. The normalized spacial score (nSPS) is 11.5. The molecular weight excluding hydrogens is 1140 g/mol. The molecule has 0 saturated carbocycles. The van der Waals surface area contributed by atoms with Gasteiger partial charge in [-0.15, -0.1) is 0 Å². The molecule has 95 heavy (non-hydrogen) atoms. The van der Waals surface area contributed by atoms with E-state index in [4.69, 9.17) is 0 Å². The fourth-order valence-electron chi connectivity index (χ4n) is 14.4. The molecule has 15 aromatic carbocycles.